The highest BCUT2D eigenvalue weighted by molar-refractivity contribution is 5.98. The number of carbonyl (C=O) groups excluding carboxylic acids is 1. The molecule has 0 aromatic heterocycles. The lowest BCUT2D eigenvalue weighted by Crippen LogP contribution is -2.50. The van der Waals surface area contributed by atoms with Crippen LogP contribution in [0.4, 0.5) is 5.69 Å². The van der Waals surface area contributed by atoms with Gasteiger partial charge in [0, 0.05) is 31.4 Å². The monoisotopic (exact) mass is 245 g/mol. The fraction of sp³-hybridized carbons (Fsp3) is 0.500. The Kier molecular flexibility index (Phi) is 2.96. The topological polar surface area (TPSA) is 49.6 Å². The third-order valence-corrected chi connectivity index (χ3v) is 4.10. The molecule has 0 spiro atoms. The summed E-state index contributed by atoms with van der Waals surface area (Å²) in [5.41, 5.74) is 7.09. The number of carbonyl (C=O) groups is 1. The maximum atomic E-state index is 11.5. The molecule has 1 aromatic carbocycles. The molecule has 4 nitrogen and oxygen atoms in total. The summed E-state index contributed by atoms with van der Waals surface area (Å²) in [5.74, 6) is -0.334. The molecule has 2 aliphatic heterocycles. The minimum absolute atomic E-state index is 0.334. The molecule has 3 rings (SSSR count). The molecule has 1 atom stereocenters. The van der Waals surface area contributed by atoms with E-state index >= 15 is 0 Å². The zero-order valence-corrected chi connectivity index (χ0v) is 10.5. The Bertz CT molecular complexity index is 460. The molecule has 96 valence electrons. The number of nitrogens with zero attached hydrogens (tertiary/aromatic N) is 2. The van der Waals surface area contributed by atoms with Crippen molar-refractivity contribution in [1.82, 2.24) is 4.90 Å². The number of para-hydroxylation sites is 1. The van der Waals surface area contributed by atoms with E-state index in [0.717, 1.165) is 25.3 Å². The predicted molar refractivity (Wildman–Crippen MR) is 71.8 cm³/mol. The van der Waals surface area contributed by atoms with Crippen LogP contribution in [0.1, 0.15) is 23.2 Å². The number of piperazine rings is 1. The van der Waals surface area contributed by atoms with E-state index in [1.165, 1.54) is 19.4 Å². The summed E-state index contributed by atoms with van der Waals surface area (Å²) in [5, 5.41) is 0. The van der Waals surface area contributed by atoms with E-state index in [4.69, 9.17) is 5.73 Å². The van der Waals surface area contributed by atoms with Crippen LogP contribution in [0.15, 0.2) is 24.3 Å². The summed E-state index contributed by atoms with van der Waals surface area (Å²) < 4.78 is 0. The molecule has 2 fully saturated rings. The fourth-order valence-corrected chi connectivity index (χ4v) is 3.17. The number of rotatable bonds is 2. The zero-order chi connectivity index (χ0) is 12.5. The standard InChI is InChI=1S/C14H19N3O/c15-14(18)12-5-1-2-6-13(12)17-9-8-16-7-3-4-11(16)10-17/h1-2,5-6,11H,3-4,7-10H2,(H2,15,18)/t11-/m0/s1. The smallest absolute Gasteiger partial charge is 0.250 e. The molecule has 0 radical (unpaired) electrons. The second kappa shape index (κ2) is 4.61. The van der Waals surface area contributed by atoms with E-state index < -0.39 is 0 Å². The first-order valence-electron chi connectivity index (χ1n) is 6.63. The first kappa shape index (κ1) is 11.5. The third kappa shape index (κ3) is 1.97. The Morgan fingerprint density at radius 3 is 2.89 bits per heavy atom. The Hall–Kier alpha value is -1.55. The summed E-state index contributed by atoms with van der Waals surface area (Å²) in [6, 6.07) is 8.32. The normalized spacial score (nSPS) is 24.0. The maximum absolute atomic E-state index is 11.5. The van der Waals surface area contributed by atoms with Gasteiger partial charge < -0.3 is 10.6 Å². The van der Waals surface area contributed by atoms with Crippen LogP contribution < -0.4 is 10.6 Å². The van der Waals surface area contributed by atoms with Crippen LogP contribution in [-0.4, -0.2) is 43.0 Å². The van der Waals surface area contributed by atoms with E-state index in [1.807, 2.05) is 24.3 Å². The van der Waals surface area contributed by atoms with Gasteiger partial charge in [-0.25, -0.2) is 0 Å². The largest absolute Gasteiger partial charge is 0.368 e. The van der Waals surface area contributed by atoms with Gasteiger partial charge in [-0.2, -0.15) is 0 Å². The molecule has 2 heterocycles. The van der Waals surface area contributed by atoms with Crippen LogP contribution in [0.3, 0.4) is 0 Å². The van der Waals surface area contributed by atoms with Crippen molar-refractivity contribution in [3.05, 3.63) is 29.8 Å². The Morgan fingerprint density at radius 2 is 2.06 bits per heavy atom. The molecule has 18 heavy (non-hydrogen) atoms. The number of primary amides is 1. The molecule has 0 unspecified atom stereocenters. The highest BCUT2D eigenvalue weighted by Crippen LogP contribution is 2.27. The molecule has 4 heteroatoms. The molecule has 0 saturated carbocycles. The van der Waals surface area contributed by atoms with Crippen molar-refractivity contribution in [2.45, 2.75) is 18.9 Å². The second-order valence-corrected chi connectivity index (χ2v) is 5.16. The SMILES string of the molecule is NC(=O)c1ccccc1N1CCN2CCC[C@H]2C1. The van der Waals surface area contributed by atoms with Crippen LogP contribution >= 0.6 is 0 Å². The highest BCUT2D eigenvalue weighted by atomic mass is 16.1. The van der Waals surface area contributed by atoms with Gasteiger partial charge in [-0.15, -0.1) is 0 Å². The fourth-order valence-electron chi connectivity index (χ4n) is 3.17. The molecule has 2 saturated heterocycles. The van der Waals surface area contributed by atoms with Gasteiger partial charge in [0.05, 0.1) is 5.56 Å². The number of benzene rings is 1. The lowest BCUT2D eigenvalue weighted by atomic mass is 10.1. The van der Waals surface area contributed by atoms with E-state index in [1.54, 1.807) is 0 Å². The van der Waals surface area contributed by atoms with Gasteiger partial charge in [-0.3, -0.25) is 9.69 Å². The summed E-state index contributed by atoms with van der Waals surface area (Å²) in [6.45, 7) is 4.33. The summed E-state index contributed by atoms with van der Waals surface area (Å²) in [7, 11) is 0. The van der Waals surface area contributed by atoms with Gasteiger partial charge in [0.2, 0.25) is 0 Å². The minimum Gasteiger partial charge on any atom is -0.368 e. The molecule has 2 aliphatic rings. The maximum Gasteiger partial charge on any atom is 0.250 e. The first-order chi connectivity index (χ1) is 8.75. The van der Waals surface area contributed by atoms with Crippen molar-refractivity contribution < 1.29 is 4.79 Å². The number of nitrogens with two attached hydrogens (primary N) is 1. The van der Waals surface area contributed by atoms with Crippen molar-refractivity contribution in [1.29, 1.82) is 0 Å². The summed E-state index contributed by atoms with van der Waals surface area (Å²) >= 11 is 0. The summed E-state index contributed by atoms with van der Waals surface area (Å²) in [6.07, 6.45) is 2.57. The highest BCUT2D eigenvalue weighted by Gasteiger charge is 2.31. The zero-order valence-electron chi connectivity index (χ0n) is 10.5. The van der Waals surface area contributed by atoms with Gasteiger partial charge in [-0.1, -0.05) is 12.1 Å². The lowest BCUT2D eigenvalue weighted by Gasteiger charge is -2.39. The number of fused-ring (bicyclic) bond motifs is 1. The van der Waals surface area contributed by atoms with E-state index in [9.17, 15) is 4.79 Å². The first-order valence-corrected chi connectivity index (χ1v) is 6.63. The molecule has 0 aliphatic carbocycles. The van der Waals surface area contributed by atoms with Crippen LogP contribution in [0, 0.1) is 0 Å². The van der Waals surface area contributed by atoms with Crippen molar-refractivity contribution in [3.63, 3.8) is 0 Å². The Labute approximate surface area is 107 Å². The van der Waals surface area contributed by atoms with E-state index in [2.05, 4.69) is 9.80 Å². The Morgan fingerprint density at radius 1 is 1.22 bits per heavy atom. The number of hydrogen-bond donors (Lipinski definition) is 1. The van der Waals surface area contributed by atoms with Gasteiger partial charge in [0.25, 0.3) is 5.91 Å². The lowest BCUT2D eigenvalue weighted by molar-refractivity contribution is 0.100. The third-order valence-electron chi connectivity index (χ3n) is 4.10. The van der Waals surface area contributed by atoms with Gasteiger partial charge in [0.1, 0.15) is 0 Å². The molecule has 1 aromatic rings. The van der Waals surface area contributed by atoms with Crippen molar-refractivity contribution >= 4 is 11.6 Å². The molecular weight excluding hydrogens is 226 g/mol. The minimum atomic E-state index is -0.334. The average molecular weight is 245 g/mol. The molecule has 0 bridgehead atoms. The van der Waals surface area contributed by atoms with Crippen LogP contribution in [-0.2, 0) is 0 Å². The van der Waals surface area contributed by atoms with Crippen molar-refractivity contribution in [2.75, 3.05) is 31.1 Å². The summed E-state index contributed by atoms with van der Waals surface area (Å²) in [4.78, 5) is 16.3. The van der Waals surface area contributed by atoms with Crippen LogP contribution in [0.5, 0.6) is 0 Å². The van der Waals surface area contributed by atoms with E-state index in [-0.39, 0.29) is 5.91 Å². The number of hydrogen-bond acceptors (Lipinski definition) is 3. The molecular formula is C14H19N3O. The predicted octanol–water partition coefficient (Wildman–Crippen LogP) is 1.07. The number of amides is 1. The van der Waals surface area contributed by atoms with Gasteiger partial charge in [-0.05, 0) is 31.5 Å². The Balaban J connectivity index is 1.85. The van der Waals surface area contributed by atoms with Crippen LogP contribution in [0.25, 0.3) is 0 Å². The van der Waals surface area contributed by atoms with Crippen molar-refractivity contribution in [3.8, 4) is 0 Å². The van der Waals surface area contributed by atoms with Gasteiger partial charge >= 0.3 is 0 Å². The molecule has 1 amide bonds. The van der Waals surface area contributed by atoms with Gasteiger partial charge in [0.15, 0.2) is 0 Å². The molecule has 2 N–H and O–H groups in total. The second-order valence-electron chi connectivity index (χ2n) is 5.16. The quantitative estimate of drug-likeness (QED) is 0.848. The number of anilines is 1. The van der Waals surface area contributed by atoms with Crippen LogP contribution in [0.2, 0.25) is 0 Å². The average Bonchev–Trinajstić information content (AvgIpc) is 2.85. The van der Waals surface area contributed by atoms with Crippen molar-refractivity contribution in [2.24, 2.45) is 5.73 Å². The van der Waals surface area contributed by atoms with E-state index in [0.29, 0.717) is 11.6 Å².